The number of nitrogens with one attached hydrogen (secondary N) is 1. The second-order valence-electron chi connectivity index (χ2n) is 4.76. The molecule has 0 spiro atoms. The third-order valence-corrected chi connectivity index (χ3v) is 2.94. The maximum absolute atomic E-state index is 12.1. The number of pyridine rings is 1. The number of nitrogens with zero attached hydrogens (tertiary/aromatic N) is 1. The van der Waals surface area contributed by atoms with Crippen LogP contribution in [-0.4, -0.2) is 22.9 Å². The summed E-state index contributed by atoms with van der Waals surface area (Å²) in [6.45, 7) is 0.114. The van der Waals surface area contributed by atoms with Crippen molar-refractivity contribution in [1.29, 1.82) is 5.26 Å². The van der Waals surface area contributed by atoms with Crippen LogP contribution < -0.4 is 10.3 Å². The lowest BCUT2D eigenvalue weighted by Crippen LogP contribution is -2.19. The minimum Gasteiger partial charge on any atom is -0.507 e. The second kappa shape index (κ2) is 6.04. The van der Waals surface area contributed by atoms with Crippen LogP contribution >= 0.6 is 0 Å². The molecule has 2 rings (SSSR count). The summed E-state index contributed by atoms with van der Waals surface area (Å²) < 4.78 is 40.9. The summed E-state index contributed by atoms with van der Waals surface area (Å²) in [6.07, 6.45) is -4.49. The van der Waals surface area contributed by atoms with Crippen molar-refractivity contribution in [2.45, 2.75) is 13.1 Å². The summed E-state index contributed by atoms with van der Waals surface area (Å²) >= 11 is 0. The molecule has 0 saturated heterocycles. The van der Waals surface area contributed by atoms with Crippen LogP contribution in [0.15, 0.2) is 29.1 Å². The standard InChI is InChI=1S/C15H11F3N2O3/c1-8-4-11(12(6-19)14(22)20-8)10-3-2-9(5-13(10)21)23-7-15(16,17)18/h2-5,21H,7H2,1H3,(H,20,22). The number of aromatic hydroxyl groups is 1. The highest BCUT2D eigenvalue weighted by atomic mass is 19.4. The molecule has 1 heterocycles. The Bertz CT molecular complexity index is 835. The van der Waals surface area contributed by atoms with Gasteiger partial charge in [-0.15, -0.1) is 0 Å². The Kier molecular flexibility index (Phi) is 4.31. The number of hydrogen-bond acceptors (Lipinski definition) is 4. The van der Waals surface area contributed by atoms with Crippen molar-refractivity contribution in [1.82, 2.24) is 4.98 Å². The van der Waals surface area contributed by atoms with Gasteiger partial charge in [-0.3, -0.25) is 4.79 Å². The molecule has 5 nitrogen and oxygen atoms in total. The number of benzene rings is 1. The SMILES string of the molecule is Cc1cc(-c2ccc(OCC(F)(F)F)cc2O)c(C#N)c(=O)[nH]1. The van der Waals surface area contributed by atoms with E-state index >= 15 is 0 Å². The number of alkyl halides is 3. The summed E-state index contributed by atoms with van der Waals surface area (Å²) in [5.74, 6) is -0.574. The van der Waals surface area contributed by atoms with E-state index in [0.717, 1.165) is 6.07 Å². The molecular formula is C15H11F3N2O3. The minimum absolute atomic E-state index is 0.148. The number of halogens is 3. The van der Waals surface area contributed by atoms with Gasteiger partial charge in [-0.2, -0.15) is 18.4 Å². The van der Waals surface area contributed by atoms with Gasteiger partial charge in [-0.25, -0.2) is 0 Å². The Hall–Kier alpha value is -2.95. The third kappa shape index (κ3) is 3.83. The van der Waals surface area contributed by atoms with E-state index < -0.39 is 24.1 Å². The van der Waals surface area contributed by atoms with Gasteiger partial charge in [0.25, 0.3) is 5.56 Å². The Balaban J connectivity index is 2.43. The number of hydrogen-bond donors (Lipinski definition) is 2. The Morgan fingerprint density at radius 2 is 2.00 bits per heavy atom. The molecule has 0 aliphatic carbocycles. The number of aromatic nitrogens is 1. The number of nitriles is 1. The smallest absolute Gasteiger partial charge is 0.422 e. The molecule has 0 fully saturated rings. The zero-order valence-electron chi connectivity index (χ0n) is 11.9. The van der Waals surface area contributed by atoms with E-state index in [9.17, 15) is 23.1 Å². The molecule has 8 heteroatoms. The van der Waals surface area contributed by atoms with Crippen LogP contribution in [0.4, 0.5) is 13.2 Å². The number of aromatic amines is 1. The molecule has 0 bridgehead atoms. The molecule has 2 N–H and O–H groups in total. The van der Waals surface area contributed by atoms with E-state index in [1.165, 1.54) is 18.2 Å². The Labute approximate surface area is 128 Å². The molecule has 0 aliphatic rings. The van der Waals surface area contributed by atoms with Gasteiger partial charge >= 0.3 is 6.18 Å². The van der Waals surface area contributed by atoms with Crippen LogP contribution in [0.1, 0.15) is 11.3 Å². The summed E-state index contributed by atoms with van der Waals surface area (Å²) in [4.78, 5) is 14.2. The number of phenols is 1. The van der Waals surface area contributed by atoms with Crippen LogP contribution in [0.3, 0.4) is 0 Å². The first kappa shape index (κ1) is 16.4. The van der Waals surface area contributed by atoms with Crippen LogP contribution in [0, 0.1) is 18.3 Å². The second-order valence-corrected chi connectivity index (χ2v) is 4.76. The van der Waals surface area contributed by atoms with Crippen molar-refractivity contribution >= 4 is 0 Å². The van der Waals surface area contributed by atoms with Crippen molar-refractivity contribution in [3.63, 3.8) is 0 Å². The lowest BCUT2D eigenvalue weighted by molar-refractivity contribution is -0.153. The van der Waals surface area contributed by atoms with E-state index in [1.807, 2.05) is 0 Å². The van der Waals surface area contributed by atoms with Crippen LogP contribution in [0.25, 0.3) is 11.1 Å². The lowest BCUT2D eigenvalue weighted by atomic mass is 10.00. The molecule has 120 valence electrons. The summed E-state index contributed by atoms with van der Waals surface area (Å²) in [5, 5.41) is 19.1. The van der Waals surface area contributed by atoms with Gasteiger partial charge in [0, 0.05) is 22.9 Å². The van der Waals surface area contributed by atoms with Crippen LogP contribution in [-0.2, 0) is 0 Å². The molecule has 1 aromatic carbocycles. The first-order valence-electron chi connectivity index (χ1n) is 6.38. The van der Waals surface area contributed by atoms with Gasteiger partial charge in [-0.1, -0.05) is 0 Å². The van der Waals surface area contributed by atoms with Crippen LogP contribution in [0.2, 0.25) is 0 Å². The first-order valence-corrected chi connectivity index (χ1v) is 6.38. The number of rotatable bonds is 3. The molecule has 0 radical (unpaired) electrons. The Morgan fingerprint density at radius 1 is 1.30 bits per heavy atom. The van der Waals surface area contributed by atoms with E-state index in [4.69, 9.17) is 5.26 Å². The molecule has 0 saturated carbocycles. The summed E-state index contributed by atoms with van der Waals surface area (Å²) in [5.41, 5.74) is -0.00122. The van der Waals surface area contributed by atoms with Gasteiger partial charge in [0.2, 0.25) is 0 Å². The Morgan fingerprint density at radius 3 is 2.57 bits per heavy atom. The van der Waals surface area contributed by atoms with Crippen molar-refractivity contribution in [3.8, 4) is 28.7 Å². The number of aryl methyl sites for hydroxylation is 1. The van der Waals surface area contributed by atoms with Crippen molar-refractivity contribution < 1.29 is 23.0 Å². The maximum Gasteiger partial charge on any atom is 0.422 e. The van der Waals surface area contributed by atoms with E-state index in [2.05, 4.69) is 9.72 Å². The fraction of sp³-hybridized carbons (Fsp3) is 0.200. The van der Waals surface area contributed by atoms with Crippen molar-refractivity contribution in [2.75, 3.05) is 6.61 Å². The molecule has 23 heavy (non-hydrogen) atoms. The summed E-state index contributed by atoms with van der Waals surface area (Å²) in [6, 6.07) is 6.74. The molecular weight excluding hydrogens is 313 g/mol. The summed E-state index contributed by atoms with van der Waals surface area (Å²) in [7, 11) is 0. The number of H-pyrrole nitrogens is 1. The zero-order valence-corrected chi connectivity index (χ0v) is 11.9. The van der Waals surface area contributed by atoms with Gasteiger partial charge in [0.1, 0.15) is 23.1 Å². The molecule has 0 aliphatic heterocycles. The zero-order chi connectivity index (χ0) is 17.2. The van der Waals surface area contributed by atoms with E-state index in [1.54, 1.807) is 13.0 Å². The third-order valence-electron chi connectivity index (χ3n) is 2.94. The molecule has 0 unspecified atom stereocenters. The topological polar surface area (TPSA) is 86.1 Å². The van der Waals surface area contributed by atoms with Crippen molar-refractivity contribution in [2.24, 2.45) is 0 Å². The average molecular weight is 324 g/mol. The van der Waals surface area contributed by atoms with Gasteiger partial charge in [-0.05, 0) is 25.1 Å². The number of ether oxygens (including phenoxy) is 1. The predicted molar refractivity (Wildman–Crippen MR) is 75.2 cm³/mol. The normalized spacial score (nSPS) is 11.1. The average Bonchev–Trinajstić information content (AvgIpc) is 2.44. The van der Waals surface area contributed by atoms with Crippen molar-refractivity contribution in [3.05, 3.63) is 45.9 Å². The lowest BCUT2D eigenvalue weighted by Gasteiger charge is -2.12. The van der Waals surface area contributed by atoms with E-state index in [-0.39, 0.29) is 22.4 Å². The molecule has 1 aromatic heterocycles. The highest BCUT2D eigenvalue weighted by Crippen LogP contribution is 2.34. The molecule has 0 amide bonds. The van der Waals surface area contributed by atoms with E-state index in [0.29, 0.717) is 5.69 Å². The number of phenolic OH excluding ortho intramolecular Hbond substituents is 1. The molecule has 0 atom stereocenters. The first-order chi connectivity index (χ1) is 10.7. The van der Waals surface area contributed by atoms with Gasteiger partial charge in [0.15, 0.2) is 6.61 Å². The predicted octanol–water partition coefficient (Wildman–Crippen LogP) is 2.87. The molecule has 2 aromatic rings. The largest absolute Gasteiger partial charge is 0.507 e. The van der Waals surface area contributed by atoms with Gasteiger partial charge in [0.05, 0.1) is 0 Å². The monoisotopic (exact) mass is 324 g/mol. The highest BCUT2D eigenvalue weighted by molar-refractivity contribution is 5.76. The maximum atomic E-state index is 12.1. The van der Waals surface area contributed by atoms with Crippen LogP contribution in [0.5, 0.6) is 11.5 Å². The van der Waals surface area contributed by atoms with Gasteiger partial charge < -0.3 is 14.8 Å². The fourth-order valence-electron chi connectivity index (χ4n) is 2.01. The quantitative estimate of drug-likeness (QED) is 0.909. The minimum atomic E-state index is -4.49. The fourth-order valence-corrected chi connectivity index (χ4v) is 2.01. The highest BCUT2D eigenvalue weighted by Gasteiger charge is 2.28.